The predicted octanol–water partition coefficient (Wildman–Crippen LogP) is 3.10. The lowest BCUT2D eigenvalue weighted by atomic mass is 9.95. The van der Waals surface area contributed by atoms with Gasteiger partial charge in [-0.1, -0.05) is 19.3 Å². The molecule has 0 radical (unpaired) electrons. The Morgan fingerprint density at radius 1 is 1.37 bits per heavy atom. The maximum absolute atomic E-state index is 11.9. The highest BCUT2D eigenvalue weighted by Crippen LogP contribution is 2.20. The summed E-state index contributed by atoms with van der Waals surface area (Å²) in [6, 6.07) is 0.397. The van der Waals surface area contributed by atoms with Gasteiger partial charge in [0.05, 0.1) is 16.7 Å². The Hall–Kier alpha value is -0.840. The van der Waals surface area contributed by atoms with Crippen molar-refractivity contribution in [2.24, 2.45) is 0 Å². The van der Waals surface area contributed by atoms with Crippen molar-refractivity contribution in [3.63, 3.8) is 0 Å². The average molecular weight is 328 g/mol. The number of amides is 1. The summed E-state index contributed by atoms with van der Waals surface area (Å²) in [6.07, 6.45) is 6.58. The van der Waals surface area contributed by atoms with Crippen LogP contribution in [0.2, 0.25) is 0 Å². The van der Waals surface area contributed by atoms with Gasteiger partial charge in [-0.2, -0.15) is 5.10 Å². The number of carbonyl (C=O) groups excluding carboxylic acids is 1. The lowest BCUT2D eigenvalue weighted by molar-refractivity contribution is -0.122. The van der Waals surface area contributed by atoms with Gasteiger partial charge in [0.15, 0.2) is 0 Å². The van der Waals surface area contributed by atoms with Crippen LogP contribution in [0.1, 0.15) is 49.9 Å². The van der Waals surface area contributed by atoms with E-state index < -0.39 is 0 Å². The van der Waals surface area contributed by atoms with Crippen molar-refractivity contribution in [1.82, 2.24) is 15.1 Å². The molecule has 0 atom stereocenters. The van der Waals surface area contributed by atoms with Crippen molar-refractivity contribution in [1.29, 1.82) is 0 Å². The Kier molecular flexibility index (Phi) is 5.02. The molecule has 1 aliphatic carbocycles. The summed E-state index contributed by atoms with van der Waals surface area (Å²) in [5.74, 6) is 0.149. The number of hydrogen-bond donors (Lipinski definition) is 1. The molecule has 1 saturated carbocycles. The number of nitrogens with zero attached hydrogens (tertiary/aromatic N) is 2. The Bertz CT molecular complexity index is 450. The van der Waals surface area contributed by atoms with Crippen LogP contribution in [-0.4, -0.2) is 21.7 Å². The fourth-order valence-corrected chi connectivity index (χ4v) is 2.93. The fraction of sp³-hybridized carbons (Fsp3) is 0.714. The molecule has 0 aliphatic heterocycles. The van der Waals surface area contributed by atoms with Gasteiger partial charge in [-0.05, 0) is 42.6 Å². The van der Waals surface area contributed by atoms with Crippen molar-refractivity contribution >= 4 is 21.8 Å². The minimum absolute atomic E-state index is 0.149. The highest BCUT2D eigenvalue weighted by Gasteiger charge is 2.16. The second-order valence-electron chi connectivity index (χ2n) is 5.36. The van der Waals surface area contributed by atoms with Crippen molar-refractivity contribution in [3.8, 4) is 0 Å². The summed E-state index contributed by atoms with van der Waals surface area (Å²) in [6.45, 7) is 4.63. The molecule has 0 bridgehead atoms. The van der Waals surface area contributed by atoms with E-state index in [1.165, 1.54) is 19.3 Å². The van der Waals surface area contributed by atoms with Gasteiger partial charge in [0.25, 0.3) is 0 Å². The van der Waals surface area contributed by atoms with Crippen LogP contribution in [0.25, 0.3) is 0 Å². The molecule has 1 aliphatic rings. The number of rotatable bonds is 4. The number of aromatic nitrogens is 2. The second-order valence-corrected chi connectivity index (χ2v) is 6.15. The molecule has 0 spiro atoms. The van der Waals surface area contributed by atoms with Gasteiger partial charge in [-0.25, -0.2) is 0 Å². The smallest absolute Gasteiger partial charge is 0.222 e. The third kappa shape index (κ3) is 3.81. The molecule has 1 heterocycles. The second kappa shape index (κ2) is 6.55. The van der Waals surface area contributed by atoms with Gasteiger partial charge in [0, 0.05) is 18.2 Å². The molecule has 1 amide bonds. The molecular weight excluding hydrogens is 306 g/mol. The molecule has 1 aromatic rings. The normalized spacial score (nSPS) is 16.6. The van der Waals surface area contributed by atoms with E-state index in [1.807, 2.05) is 18.5 Å². The van der Waals surface area contributed by atoms with E-state index in [0.29, 0.717) is 19.0 Å². The molecule has 1 N–H and O–H groups in total. The molecule has 0 saturated heterocycles. The van der Waals surface area contributed by atoms with Gasteiger partial charge in [-0.15, -0.1) is 0 Å². The molecule has 1 fully saturated rings. The number of carbonyl (C=O) groups is 1. The van der Waals surface area contributed by atoms with Crippen LogP contribution in [0.15, 0.2) is 4.47 Å². The molecular formula is C14H22BrN3O. The largest absolute Gasteiger partial charge is 0.353 e. The van der Waals surface area contributed by atoms with Gasteiger partial charge in [0.1, 0.15) is 0 Å². The zero-order valence-electron chi connectivity index (χ0n) is 11.7. The molecule has 0 aromatic carbocycles. The van der Waals surface area contributed by atoms with Crippen LogP contribution >= 0.6 is 15.9 Å². The molecule has 4 nitrogen and oxygen atoms in total. The summed E-state index contributed by atoms with van der Waals surface area (Å²) < 4.78 is 2.94. The summed E-state index contributed by atoms with van der Waals surface area (Å²) in [5, 5.41) is 7.56. The van der Waals surface area contributed by atoms with E-state index in [9.17, 15) is 4.79 Å². The first-order valence-corrected chi connectivity index (χ1v) is 7.86. The first-order chi connectivity index (χ1) is 9.08. The quantitative estimate of drug-likeness (QED) is 0.923. The van der Waals surface area contributed by atoms with Crippen molar-refractivity contribution in [3.05, 3.63) is 15.9 Å². The van der Waals surface area contributed by atoms with Gasteiger partial charge in [0.2, 0.25) is 5.91 Å². The third-order valence-electron chi connectivity index (χ3n) is 3.81. The first kappa shape index (κ1) is 14.6. The molecule has 0 unspecified atom stereocenters. The van der Waals surface area contributed by atoms with Crippen LogP contribution in [0.5, 0.6) is 0 Å². The van der Waals surface area contributed by atoms with Gasteiger partial charge in [-0.3, -0.25) is 9.48 Å². The van der Waals surface area contributed by atoms with E-state index in [0.717, 1.165) is 28.7 Å². The van der Waals surface area contributed by atoms with Crippen LogP contribution in [0.3, 0.4) is 0 Å². The van der Waals surface area contributed by atoms with Crippen molar-refractivity contribution in [2.45, 2.75) is 65.0 Å². The van der Waals surface area contributed by atoms with E-state index in [2.05, 4.69) is 26.3 Å². The molecule has 5 heteroatoms. The number of aryl methyl sites for hydroxylation is 2. The van der Waals surface area contributed by atoms with Gasteiger partial charge < -0.3 is 5.32 Å². The minimum atomic E-state index is 0.149. The highest BCUT2D eigenvalue weighted by molar-refractivity contribution is 9.10. The predicted molar refractivity (Wildman–Crippen MR) is 79.0 cm³/mol. The van der Waals surface area contributed by atoms with E-state index in [1.54, 1.807) is 0 Å². The summed E-state index contributed by atoms with van der Waals surface area (Å²) >= 11 is 3.50. The molecule has 1 aromatic heterocycles. The number of halogens is 1. The maximum atomic E-state index is 11.9. The molecule has 2 rings (SSSR count). The Labute approximate surface area is 123 Å². The Morgan fingerprint density at radius 2 is 2.05 bits per heavy atom. The van der Waals surface area contributed by atoms with Crippen LogP contribution in [-0.2, 0) is 11.3 Å². The van der Waals surface area contributed by atoms with Gasteiger partial charge >= 0.3 is 0 Å². The van der Waals surface area contributed by atoms with Crippen LogP contribution in [0, 0.1) is 13.8 Å². The monoisotopic (exact) mass is 327 g/mol. The van der Waals surface area contributed by atoms with Crippen LogP contribution in [0.4, 0.5) is 0 Å². The Balaban J connectivity index is 1.81. The first-order valence-electron chi connectivity index (χ1n) is 7.07. The minimum Gasteiger partial charge on any atom is -0.353 e. The number of hydrogen-bond acceptors (Lipinski definition) is 2. The number of nitrogens with one attached hydrogen (secondary N) is 1. The summed E-state index contributed by atoms with van der Waals surface area (Å²) in [5.41, 5.74) is 2.06. The zero-order valence-corrected chi connectivity index (χ0v) is 13.3. The Morgan fingerprint density at radius 3 is 2.63 bits per heavy atom. The molecule has 106 valence electrons. The van der Waals surface area contributed by atoms with Crippen LogP contribution < -0.4 is 5.32 Å². The molecule has 19 heavy (non-hydrogen) atoms. The van der Waals surface area contributed by atoms with E-state index in [-0.39, 0.29) is 5.91 Å². The summed E-state index contributed by atoms with van der Waals surface area (Å²) in [4.78, 5) is 11.9. The maximum Gasteiger partial charge on any atom is 0.222 e. The highest BCUT2D eigenvalue weighted by atomic mass is 79.9. The lowest BCUT2D eigenvalue weighted by Crippen LogP contribution is -2.36. The van der Waals surface area contributed by atoms with E-state index in [4.69, 9.17) is 0 Å². The SMILES string of the molecule is Cc1nn(CCC(=O)NC2CCCCC2)c(C)c1Br. The van der Waals surface area contributed by atoms with E-state index >= 15 is 0 Å². The fourth-order valence-electron chi connectivity index (χ4n) is 2.65. The topological polar surface area (TPSA) is 46.9 Å². The average Bonchev–Trinajstić information content (AvgIpc) is 2.65. The van der Waals surface area contributed by atoms with Crippen molar-refractivity contribution in [2.75, 3.05) is 0 Å². The summed E-state index contributed by atoms with van der Waals surface area (Å²) in [7, 11) is 0. The zero-order chi connectivity index (χ0) is 13.8. The third-order valence-corrected chi connectivity index (χ3v) is 4.96. The lowest BCUT2D eigenvalue weighted by Gasteiger charge is -2.22. The standard InChI is InChI=1S/C14H22BrN3O/c1-10-14(15)11(2)18(17-10)9-8-13(19)16-12-6-4-3-5-7-12/h12H,3-9H2,1-2H3,(H,16,19). The van der Waals surface area contributed by atoms with Crippen molar-refractivity contribution < 1.29 is 4.79 Å².